The molecule has 1 aromatic heterocycles. The molecule has 0 saturated carbocycles. The summed E-state index contributed by atoms with van der Waals surface area (Å²) in [4.78, 5) is 16.9. The van der Waals surface area contributed by atoms with Crippen LogP contribution in [0.4, 0.5) is 0 Å². The van der Waals surface area contributed by atoms with Crippen molar-refractivity contribution in [2.75, 3.05) is 20.8 Å². The van der Waals surface area contributed by atoms with Crippen LogP contribution >= 0.6 is 0 Å². The van der Waals surface area contributed by atoms with Crippen molar-refractivity contribution < 1.29 is 19.0 Å². The smallest absolute Gasteiger partial charge is 0.271 e. The molecule has 0 aliphatic rings. The lowest BCUT2D eigenvalue weighted by Crippen LogP contribution is -2.17. The van der Waals surface area contributed by atoms with Crippen LogP contribution in [0.25, 0.3) is 11.3 Å². The van der Waals surface area contributed by atoms with Crippen molar-refractivity contribution in [2.24, 2.45) is 5.10 Å². The summed E-state index contributed by atoms with van der Waals surface area (Å²) in [6.45, 7) is 2.83. The summed E-state index contributed by atoms with van der Waals surface area (Å²) in [6, 6.07) is 16.4. The van der Waals surface area contributed by atoms with E-state index in [1.165, 1.54) is 6.21 Å². The van der Waals surface area contributed by atoms with Gasteiger partial charge in [0.2, 0.25) is 0 Å². The van der Waals surface area contributed by atoms with Crippen LogP contribution in [-0.4, -0.2) is 37.9 Å². The summed E-state index contributed by atoms with van der Waals surface area (Å²) in [5.41, 5.74) is 5.32. The van der Waals surface area contributed by atoms with Gasteiger partial charge in [-0.05, 0) is 55.0 Å². The van der Waals surface area contributed by atoms with Crippen molar-refractivity contribution in [1.29, 1.82) is 0 Å². The van der Waals surface area contributed by atoms with E-state index in [1.807, 2.05) is 24.3 Å². The third kappa shape index (κ3) is 6.31. The lowest BCUT2D eigenvalue weighted by Gasteiger charge is -2.07. The van der Waals surface area contributed by atoms with E-state index in [2.05, 4.69) is 22.4 Å². The number of nitrogens with zero attached hydrogens (tertiary/aromatic N) is 2. The fourth-order valence-electron chi connectivity index (χ4n) is 2.92. The van der Waals surface area contributed by atoms with E-state index in [9.17, 15) is 4.79 Å². The molecule has 7 heteroatoms. The van der Waals surface area contributed by atoms with Crippen molar-refractivity contribution in [3.8, 4) is 28.5 Å². The molecule has 0 aliphatic carbocycles. The number of hydrogen-bond acceptors (Lipinski definition) is 6. The fraction of sp³-hybridized carbons (Fsp3) is 0.240. The zero-order chi connectivity index (χ0) is 22.8. The monoisotopic (exact) mass is 433 g/mol. The summed E-state index contributed by atoms with van der Waals surface area (Å²) in [7, 11) is 3.15. The molecule has 0 saturated heterocycles. The predicted molar refractivity (Wildman–Crippen MR) is 125 cm³/mol. The lowest BCUT2D eigenvalue weighted by molar-refractivity contribution is 0.0955. The molecule has 3 aromatic rings. The highest BCUT2D eigenvalue weighted by molar-refractivity contribution is 5.95. The maximum absolute atomic E-state index is 12.5. The Kier molecular flexibility index (Phi) is 8.20. The quantitative estimate of drug-likeness (QED) is 0.284. The van der Waals surface area contributed by atoms with E-state index in [-0.39, 0.29) is 5.91 Å². The maximum Gasteiger partial charge on any atom is 0.271 e. The van der Waals surface area contributed by atoms with Crippen molar-refractivity contribution >= 4 is 12.1 Å². The molecular formula is C25H27N3O4. The number of methoxy groups -OCH3 is 2. The van der Waals surface area contributed by atoms with Crippen molar-refractivity contribution in [3.05, 3.63) is 71.9 Å². The second-order valence-corrected chi connectivity index (χ2v) is 7.00. The number of benzene rings is 2. The Morgan fingerprint density at radius 1 is 1.00 bits per heavy atom. The van der Waals surface area contributed by atoms with E-state index >= 15 is 0 Å². The first-order chi connectivity index (χ1) is 15.6. The zero-order valence-corrected chi connectivity index (χ0v) is 18.5. The van der Waals surface area contributed by atoms with Gasteiger partial charge in [-0.1, -0.05) is 13.3 Å². The minimum atomic E-state index is -0.334. The third-order valence-electron chi connectivity index (χ3n) is 4.69. The van der Waals surface area contributed by atoms with Crippen LogP contribution < -0.4 is 19.6 Å². The maximum atomic E-state index is 12.5. The number of hydrogen-bond donors (Lipinski definition) is 1. The van der Waals surface area contributed by atoms with Gasteiger partial charge < -0.3 is 14.2 Å². The van der Waals surface area contributed by atoms with Crippen molar-refractivity contribution in [1.82, 2.24) is 10.4 Å². The largest absolute Gasteiger partial charge is 0.497 e. The molecule has 2 aromatic carbocycles. The van der Waals surface area contributed by atoms with Gasteiger partial charge in [-0.2, -0.15) is 5.10 Å². The molecule has 0 atom stereocenters. The molecule has 0 aliphatic heterocycles. The number of unbranched alkanes of at least 4 members (excludes halogenated alkanes) is 1. The van der Waals surface area contributed by atoms with Gasteiger partial charge in [0.05, 0.1) is 32.7 Å². The summed E-state index contributed by atoms with van der Waals surface area (Å²) in [5, 5.41) is 4.05. The van der Waals surface area contributed by atoms with Gasteiger partial charge in [-0.3, -0.25) is 9.78 Å². The van der Waals surface area contributed by atoms with Crippen molar-refractivity contribution in [2.45, 2.75) is 19.8 Å². The van der Waals surface area contributed by atoms with Gasteiger partial charge in [0.15, 0.2) is 0 Å². The van der Waals surface area contributed by atoms with Gasteiger partial charge in [0.1, 0.15) is 17.2 Å². The van der Waals surface area contributed by atoms with Gasteiger partial charge in [-0.15, -0.1) is 0 Å². The number of ether oxygens (including phenoxy) is 3. The van der Waals surface area contributed by atoms with Crippen LogP contribution in [0.1, 0.15) is 35.7 Å². The minimum absolute atomic E-state index is 0.334. The van der Waals surface area contributed by atoms with Gasteiger partial charge >= 0.3 is 0 Å². The molecule has 3 rings (SSSR count). The first-order valence-electron chi connectivity index (χ1n) is 10.4. The molecular weight excluding hydrogens is 406 g/mol. The number of aromatic nitrogens is 1. The number of rotatable bonds is 10. The molecule has 0 fully saturated rings. The third-order valence-corrected chi connectivity index (χ3v) is 4.69. The topological polar surface area (TPSA) is 82.0 Å². The average molecular weight is 434 g/mol. The Labute approximate surface area is 188 Å². The van der Waals surface area contributed by atoms with E-state index in [0.29, 0.717) is 29.4 Å². The molecule has 0 spiro atoms. The highest BCUT2D eigenvalue weighted by Gasteiger charge is 2.08. The molecule has 0 radical (unpaired) electrons. The van der Waals surface area contributed by atoms with Crippen molar-refractivity contribution in [3.63, 3.8) is 0 Å². The van der Waals surface area contributed by atoms with Crippen LogP contribution in [0, 0.1) is 0 Å². The molecule has 7 nitrogen and oxygen atoms in total. The van der Waals surface area contributed by atoms with E-state index in [4.69, 9.17) is 14.2 Å². The van der Waals surface area contributed by atoms with Crippen LogP contribution in [0.2, 0.25) is 0 Å². The van der Waals surface area contributed by atoms with Crippen LogP contribution in [0.15, 0.2) is 65.9 Å². The SMILES string of the molecule is CCCCOc1ccc(-c2cc(C(=O)N/N=C/c3cc(OC)cc(OC)c3)ccn2)cc1. The first-order valence-corrected chi connectivity index (χ1v) is 10.4. The standard InChI is InChI=1S/C25H27N3O4/c1-4-5-12-32-21-8-6-19(7-9-21)24-15-20(10-11-26-24)25(29)28-27-17-18-13-22(30-2)16-23(14-18)31-3/h6-11,13-17H,4-5,12H2,1-3H3,(H,28,29)/b27-17+. The minimum Gasteiger partial charge on any atom is -0.497 e. The molecule has 166 valence electrons. The zero-order valence-electron chi connectivity index (χ0n) is 18.5. The predicted octanol–water partition coefficient (Wildman–Crippen LogP) is 4.71. The first kappa shape index (κ1) is 22.8. The normalized spacial score (nSPS) is 10.7. The Morgan fingerprint density at radius 2 is 1.72 bits per heavy atom. The molecule has 1 N–H and O–H groups in total. The highest BCUT2D eigenvalue weighted by Crippen LogP contribution is 2.22. The molecule has 0 bridgehead atoms. The van der Waals surface area contributed by atoms with E-state index in [0.717, 1.165) is 29.7 Å². The Balaban J connectivity index is 1.66. The van der Waals surface area contributed by atoms with Crippen LogP contribution in [0.3, 0.4) is 0 Å². The number of carbonyl (C=O) groups is 1. The molecule has 0 unspecified atom stereocenters. The lowest BCUT2D eigenvalue weighted by atomic mass is 10.1. The van der Waals surface area contributed by atoms with E-state index < -0.39 is 0 Å². The second kappa shape index (κ2) is 11.5. The Hall–Kier alpha value is -3.87. The summed E-state index contributed by atoms with van der Waals surface area (Å²) in [6.07, 6.45) is 5.25. The number of carbonyl (C=O) groups excluding carboxylic acids is 1. The average Bonchev–Trinajstić information content (AvgIpc) is 2.84. The van der Waals surface area contributed by atoms with E-state index in [1.54, 1.807) is 50.7 Å². The van der Waals surface area contributed by atoms with Crippen LogP contribution in [-0.2, 0) is 0 Å². The molecule has 1 amide bonds. The summed E-state index contributed by atoms with van der Waals surface area (Å²) >= 11 is 0. The molecule has 1 heterocycles. The second-order valence-electron chi connectivity index (χ2n) is 7.00. The highest BCUT2D eigenvalue weighted by atomic mass is 16.5. The Morgan fingerprint density at radius 3 is 2.38 bits per heavy atom. The summed E-state index contributed by atoms with van der Waals surface area (Å²) in [5.74, 6) is 1.76. The number of amides is 1. The van der Waals surface area contributed by atoms with Crippen LogP contribution in [0.5, 0.6) is 17.2 Å². The number of hydrazone groups is 1. The van der Waals surface area contributed by atoms with Gasteiger partial charge in [0.25, 0.3) is 5.91 Å². The fourth-order valence-corrected chi connectivity index (χ4v) is 2.92. The summed E-state index contributed by atoms with van der Waals surface area (Å²) < 4.78 is 16.2. The molecule has 32 heavy (non-hydrogen) atoms. The van der Waals surface area contributed by atoms with Gasteiger partial charge in [0, 0.05) is 29.0 Å². The Bertz CT molecular complexity index is 1040. The number of pyridine rings is 1. The number of nitrogens with one attached hydrogen (secondary N) is 1. The van der Waals surface area contributed by atoms with Gasteiger partial charge in [-0.25, -0.2) is 5.43 Å².